The van der Waals surface area contributed by atoms with Crippen LogP contribution in [0, 0.1) is 24.0 Å². The summed E-state index contributed by atoms with van der Waals surface area (Å²) in [6.45, 7) is 1.62. The molecular weight excluding hydrogens is 228 g/mol. The number of nitrogens with one attached hydrogen (secondary N) is 1. The Morgan fingerprint density at radius 2 is 2.12 bits per heavy atom. The van der Waals surface area contributed by atoms with E-state index in [0.29, 0.717) is 0 Å². The van der Waals surface area contributed by atoms with Gasteiger partial charge in [0.25, 0.3) is 0 Å². The molecule has 1 aromatic rings. The van der Waals surface area contributed by atoms with Crippen LogP contribution in [0.5, 0.6) is 0 Å². The van der Waals surface area contributed by atoms with Crippen molar-refractivity contribution in [3.05, 3.63) is 29.3 Å². The molecule has 0 fully saturated rings. The van der Waals surface area contributed by atoms with Gasteiger partial charge in [0.15, 0.2) is 11.6 Å². The summed E-state index contributed by atoms with van der Waals surface area (Å²) in [5, 5.41) is 2.58. The first-order valence-electron chi connectivity index (χ1n) is 4.80. The smallest absolute Gasteiger partial charge is 0.340 e. The maximum atomic E-state index is 13.5. The van der Waals surface area contributed by atoms with Gasteiger partial charge >= 0.3 is 5.97 Å². The number of carbonyl (C=O) groups is 1. The van der Waals surface area contributed by atoms with Crippen molar-refractivity contribution in [3.63, 3.8) is 0 Å². The fraction of sp³-hybridized carbons (Fsp3) is 0.250. The van der Waals surface area contributed by atoms with Crippen LogP contribution in [-0.4, -0.2) is 19.1 Å². The number of terminal acetylenes is 1. The molecule has 0 spiro atoms. The first-order chi connectivity index (χ1) is 8.01. The van der Waals surface area contributed by atoms with Gasteiger partial charge in [0.05, 0.1) is 24.4 Å². The number of esters is 1. The van der Waals surface area contributed by atoms with Crippen molar-refractivity contribution in [2.24, 2.45) is 0 Å². The lowest BCUT2D eigenvalue weighted by atomic mass is 10.1. The average molecular weight is 239 g/mol. The average Bonchev–Trinajstić information content (AvgIpc) is 2.34. The minimum absolute atomic E-state index is 0.0967. The van der Waals surface area contributed by atoms with E-state index in [2.05, 4.69) is 16.0 Å². The van der Waals surface area contributed by atoms with Crippen LogP contribution in [0.1, 0.15) is 17.3 Å². The number of methoxy groups -OCH3 is 1. The van der Waals surface area contributed by atoms with Crippen molar-refractivity contribution in [1.82, 2.24) is 0 Å². The molecule has 90 valence electrons. The summed E-state index contributed by atoms with van der Waals surface area (Å²) in [5.41, 5.74) is -0.551. The molecule has 1 aromatic carbocycles. The number of rotatable bonds is 3. The zero-order valence-corrected chi connectivity index (χ0v) is 9.38. The van der Waals surface area contributed by atoms with Gasteiger partial charge in [-0.2, -0.15) is 0 Å². The molecule has 5 heteroatoms. The second-order valence-electron chi connectivity index (χ2n) is 3.31. The summed E-state index contributed by atoms with van der Waals surface area (Å²) in [6.07, 6.45) is 5.10. The zero-order chi connectivity index (χ0) is 13.0. The molecule has 0 saturated carbocycles. The number of anilines is 1. The van der Waals surface area contributed by atoms with Crippen LogP contribution in [0.4, 0.5) is 14.5 Å². The summed E-state index contributed by atoms with van der Waals surface area (Å²) in [7, 11) is 1.09. The Morgan fingerprint density at radius 3 is 2.65 bits per heavy atom. The minimum atomic E-state index is -1.26. The van der Waals surface area contributed by atoms with Crippen molar-refractivity contribution >= 4 is 11.7 Å². The van der Waals surface area contributed by atoms with E-state index in [4.69, 9.17) is 6.42 Å². The standard InChI is InChI=1S/C12H11F2NO2/c1-4-7(2)15-9-6-5-8(12(16)17-3)10(13)11(9)14/h1,5-7,15H,2-3H3. The summed E-state index contributed by atoms with van der Waals surface area (Å²) in [4.78, 5) is 11.1. The molecule has 17 heavy (non-hydrogen) atoms. The van der Waals surface area contributed by atoms with Gasteiger partial charge in [-0.1, -0.05) is 5.92 Å². The largest absolute Gasteiger partial charge is 0.465 e. The summed E-state index contributed by atoms with van der Waals surface area (Å²) >= 11 is 0. The highest BCUT2D eigenvalue weighted by atomic mass is 19.2. The number of halogens is 2. The monoisotopic (exact) mass is 239 g/mol. The molecule has 0 aromatic heterocycles. The van der Waals surface area contributed by atoms with Crippen LogP contribution in [0.3, 0.4) is 0 Å². The maximum absolute atomic E-state index is 13.5. The quantitative estimate of drug-likeness (QED) is 0.649. The Bertz CT molecular complexity index is 480. The third-order valence-electron chi connectivity index (χ3n) is 2.11. The van der Waals surface area contributed by atoms with Gasteiger partial charge in [0.2, 0.25) is 0 Å². The molecule has 1 unspecified atom stereocenters. The summed E-state index contributed by atoms with van der Waals surface area (Å²) < 4.78 is 31.3. The van der Waals surface area contributed by atoms with Crippen LogP contribution in [0.15, 0.2) is 12.1 Å². The van der Waals surface area contributed by atoms with E-state index >= 15 is 0 Å². The fourth-order valence-electron chi connectivity index (χ4n) is 1.20. The molecule has 0 aliphatic rings. The van der Waals surface area contributed by atoms with Crippen LogP contribution in [-0.2, 0) is 4.74 Å². The first-order valence-corrected chi connectivity index (χ1v) is 4.80. The highest BCUT2D eigenvalue weighted by Crippen LogP contribution is 2.21. The van der Waals surface area contributed by atoms with Gasteiger partial charge in [0, 0.05) is 0 Å². The van der Waals surface area contributed by atoms with E-state index in [1.165, 1.54) is 6.07 Å². The highest BCUT2D eigenvalue weighted by Gasteiger charge is 2.19. The predicted molar refractivity (Wildman–Crippen MR) is 59.6 cm³/mol. The first kappa shape index (κ1) is 13.0. The van der Waals surface area contributed by atoms with Gasteiger partial charge < -0.3 is 10.1 Å². The number of hydrogen-bond acceptors (Lipinski definition) is 3. The third-order valence-corrected chi connectivity index (χ3v) is 2.11. The molecule has 0 aliphatic heterocycles. The molecule has 0 radical (unpaired) electrons. The van der Waals surface area contributed by atoms with Gasteiger partial charge in [-0.15, -0.1) is 6.42 Å². The van der Waals surface area contributed by atoms with Crippen molar-refractivity contribution in [2.75, 3.05) is 12.4 Å². The molecule has 0 amide bonds. The van der Waals surface area contributed by atoms with E-state index in [9.17, 15) is 13.6 Å². The number of hydrogen-bond donors (Lipinski definition) is 1. The topological polar surface area (TPSA) is 38.3 Å². The molecule has 0 heterocycles. The van der Waals surface area contributed by atoms with Gasteiger partial charge in [-0.05, 0) is 19.1 Å². The van der Waals surface area contributed by atoms with Crippen LogP contribution >= 0.6 is 0 Å². The SMILES string of the molecule is C#CC(C)Nc1ccc(C(=O)OC)c(F)c1F. The van der Waals surface area contributed by atoms with E-state index < -0.39 is 29.2 Å². The van der Waals surface area contributed by atoms with Crippen LogP contribution in [0.2, 0.25) is 0 Å². The molecule has 1 atom stereocenters. The second kappa shape index (κ2) is 5.30. The zero-order valence-electron chi connectivity index (χ0n) is 9.38. The summed E-state index contributed by atoms with van der Waals surface area (Å²) in [6, 6.07) is 1.92. The molecular formula is C12H11F2NO2. The number of ether oxygens (including phenoxy) is 1. The normalized spacial score (nSPS) is 11.5. The molecule has 1 N–H and O–H groups in total. The minimum Gasteiger partial charge on any atom is -0.465 e. The second-order valence-corrected chi connectivity index (χ2v) is 3.31. The molecule has 1 rings (SSSR count). The fourth-order valence-corrected chi connectivity index (χ4v) is 1.20. The van der Waals surface area contributed by atoms with Crippen molar-refractivity contribution in [1.29, 1.82) is 0 Å². The third kappa shape index (κ3) is 2.72. The molecule has 3 nitrogen and oxygen atoms in total. The molecule has 0 aliphatic carbocycles. The van der Waals surface area contributed by atoms with Crippen molar-refractivity contribution in [3.8, 4) is 12.3 Å². The van der Waals surface area contributed by atoms with Crippen LogP contribution in [0.25, 0.3) is 0 Å². The van der Waals surface area contributed by atoms with E-state index in [-0.39, 0.29) is 5.69 Å². The Balaban J connectivity index is 3.11. The predicted octanol–water partition coefficient (Wildman–Crippen LogP) is 2.18. The van der Waals surface area contributed by atoms with Gasteiger partial charge in [0.1, 0.15) is 0 Å². The number of benzene rings is 1. The van der Waals surface area contributed by atoms with Crippen molar-refractivity contribution < 1.29 is 18.3 Å². The van der Waals surface area contributed by atoms with Gasteiger partial charge in [-0.3, -0.25) is 0 Å². The Hall–Kier alpha value is -2.09. The Kier molecular flexibility index (Phi) is 4.05. The lowest BCUT2D eigenvalue weighted by Gasteiger charge is -2.11. The Labute approximate surface area is 97.8 Å². The maximum Gasteiger partial charge on any atom is 0.340 e. The van der Waals surface area contributed by atoms with E-state index in [0.717, 1.165) is 13.2 Å². The lowest BCUT2D eigenvalue weighted by Crippen LogP contribution is -2.15. The van der Waals surface area contributed by atoms with E-state index in [1.54, 1.807) is 6.92 Å². The summed E-state index contributed by atoms with van der Waals surface area (Å²) in [5.74, 6) is -1.03. The van der Waals surface area contributed by atoms with Crippen molar-refractivity contribution in [2.45, 2.75) is 13.0 Å². The lowest BCUT2D eigenvalue weighted by molar-refractivity contribution is 0.0594. The van der Waals surface area contributed by atoms with E-state index in [1.807, 2.05) is 0 Å². The molecule has 0 saturated heterocycles. The van der Waals surface area contributed by atoms with Crippen LogP contribution < -0.4 is 5.32 Å². The Morgan fingerprint density at radius 1 is 1.47 bits per heavy atom. The highest BCUT2D eigenvalue weighted by molar-refractivity contribution is 5.90. The molecule has 0 bridgehead atoms. The number of carbonyl (C=O) groups excluding carboxylic acids is 1. The van der Waals surface area contributed by atoms with Gasteiger partial charge in [-0.25, -0.2) is 13.6 Å².